The van der Waals surface area contributed by atoms with Gasteiger partial charge in [0.05, 0.1) is 11.4 Å². The Morgan fingerprint density at radius 1 is 1.41 bits per heavy atom. The molecule has 0 bridgehead atoms. The van der Waals surface area contributed by atoms with Crippen LogP contribution in [0.4, 0.5) is 0 Å². The molecule has 0 atom stereocenters. The van der Waals surface area contributed by atoms with E-state index in [9.17, 15) is 13.2 Å². The first-order chi connectivity index (χ1) is 10.3. The Labute approximate surface area is 132 Å². The molecule has 0 heterocycles. The van der Waals surface area contributed by atoms with Crippen molar-refractivity contribution in [2.45, 2.75) is 25.2 Å². The average molecular weight is 322 g/mol. The monoisotopic (exact) mass is 322 g/mol. The summed E-state index contributed by atoms with van der Waals surface area (Å²) in [4.78, 5) is 14.0. The molecule has 1 aromatic rings. The Balaban J connectivity index is 2.92. The lowest BCUT2D eigenvalue weighted by molar-refractivity contribution is 0.0789. The Morgan fingerprint density at radius 2 is 2.09 bits per heavy atom. The number of nitrogens with zero attached hydrogens (tertiary/aromatic N) is 1. The lowest BCUT2D eigenvalue weighted by Crippen LogP contribution is -2.29. The number of sulfonamides is 1. The summed E-state index contributed by atoms with van der Waals surface area (Å²) in [5, 5.41) is 0. The molecular formula is C16H22N2O3S. The summed E-state index contributed by atoms with van der Waals surface area (Å²) in [6, 6.07) is 5.96. The highest BCUT2D eigenvalue weighted by atomic mass is 32.2. The molecule has 0 fully saturated rings. The maximum absolute atomic E-state index is 12.3. The van der Waals surface area contributed by atoms with Crippen molar-refractivity contribution in [2.24, 2.45) is 5.92 Å². The first-order valence-electron chi connectivity index (χ1n) is 7.06. The average Bonchev–Trinajstić information content (AvgIpc) is 2.50. The molecule has 0 radical (unpaired) electrons. The first-order valence-corrected chi connectivity index (χ1v) is 8.55. The zero-order valence-electron chi connectivity index (χ0n) is 13.2. The molecular weight excluding hydrogens is 300 g/mol. The minimum absolute atomic E-state index is 0.0332. The van der Waals surface area contributed by atoms with Crippen LogP contribution in [0.5, 0.6) is 0 Å². The van der Waals surface area contributed by atoms with E-state index in [0.717, 1.165) is 6.42 Å². The standard InChI is InChI=1S/C16H22N2O3S/c1-5-10-17-22(20,21)15-8-6-7-14(12-15)16(19)18(4)11-9-13(2)3/h1,6-8,12-13,17H,9-11H2,2-4H3. The predicted molar refractivity (Wildman–Crippen MR) is 86.9 cm³/mol. The van der Waals surface area contributed by atoms with Gasteiger partial charge in [-0.15, -0.1) is 6.42 Å². The number of benzene rings is 1. The number of carbonyl (C=O) groups excluding carboxylic acids is 1. The van der Waals surface area contributed by atoms with E-state index in [4.69, 9.17) is 6.42 Å². The van der Waals surface area contributed by atoms with Crippen LogP contribution in [0, 0.1) is 18.3 Å². The maximum Gasteiger partial charge on any atom is 0.253 e. The van der Waals surface area contributed by atoms with E-state index in [1.54, 1.807) is 24.1 Å². The van der Waals surface area contributed by atoms with Crippen LogP contribution in [0.25, 0.3) is 0 Å². The summed E-state index contributed by atoms with van der Waals surface area (Å²) in [6.07, 6.45) is 5.94. The van der Waals surface area contributed by atoms with Gasteiger partial charge in [0, 0.05) is 19.2 Å². The fourth-order valence-corrected chi connectivity index (χ4v) is 2.77. The van der Waals surface area contributed by atoms with Gasteiger partial charge in [0.2, 0.25) is 10.0 Å². The second-order valence-corrected chi connectivity index (χ2v) is 7.23. The third-order valence-corrected chi connectivity index (χ3v) is 4.54. The molecule has 0 aromatic heterocycles. The van der Waals surface area contributed by atoms with Crippen molar-refractivity contribution < 1.29 is 13.2 Å². The van der Waals surface area contributed by atoms with Crippen molar-refractivity contribution in [3.05, 3.63) is 29.8 Å². The molecule has 0 saturated heterocycles. The second-order valence-electron chi connectivity index (χ2n) is 5.47. The fourth-order valence-electron chi connectivity index (χ4n) is 1.79. The summed E-state index contributed by atoms with van der Waals surface area (Å²) in [5.41, 5.74) is 0.342. The fraction of sp³-hybridized carbons (Fsp3) is 0.438. The molecule has 1 aromatic carbocycles. The number of hydrogen-bond donors (Lipinski definition) is 1. The molecule has 22 heavy (non-hydrogen) atoms. The highest BCUT2D eigenvalue weighted by Gasteiger charge is 2.17. The number of amides is 1. The van der Waals surface area contributed by atoms with E-state index in [1.165, 1.54) is 12.1 Å². The van der Waals surface area contributed by atoms with E-state index in [-0.39, 0.29) is 17.3 Å². The molecule has 1 amide bonds. The summed E-state index contributed by atoms with van der Waals surface area (Å²) < 4.78 is 26.3. The van der Waals surface area contributed by atoms with Gasteiger partial charge in [0.1, 0.15) is 0 Å². The van der Waals surface area contributed by atoms with Crippen LogP contribution in [0.2, 0.25) is 0 Å². The quantitative estimate of drug-likeness (QED) is 0.777. The van der Waals surface area contributed by atoms with E-state index < -0.39 is 10.0 Å². The molecule has 0 spiro atoms. The highest BCUT2D eigenvalue weighted by Crippen LogP contribution is 2.13. The van der Waals surface area contributed by atoms with E-state index in [2.05, 4.69) is 24.5 Å². The molecule has 1 rings (SSSR count). The first kappa shape index (κ1) is 18.2. The number of rotatable bonds is 7. The number of nitrogens with one attached hydrogen (secondary N) is 1. The number of hydrogen-bond acceptors (Lipinski definition) is 3. The highest BCUT2D eigenvalue weighted by molar-refractivity contribution is 7.89. The minimum Gasteiger partial charge on any atom is -0.342 e. The Morgan fingerprint density at radius 3 is 2.68 bits per heavy atom. The van der Waals surface area contributed by atoms with Crippen molar-refractivity contribution in [1.82, 2.24) is 9.62 Å². The van der Waals surface area contributed by atoms with Crippen molar-refractivity contribution in [2.75, 3.05) is 20.1 Å². The van der Waals surface area contributed by atoms with Crippen LogP contribution in [-0.4, -0.2) is 39.4 Å². The van der Waals surface area contributed by atoms with Crippen molar-refractivity contribution in [1.29, 1.82) is 0 Å². The molecule has 6 heteroatoms. The lowest BCUT2D eigenvalue weighted by atomic mass is 10.1. The Hall–Kier alpha value is -1.84. The molecule has 0 unspecified atom stereocenters. The summed E-state index contributed by atoms with van der Waals surface area (Å²) in [6.45, 7) is 4.71. The molecule has 1 N–H and O–H groups in total. The van der Waals surface area contributed by atoms with Crippen LogP contribution in [0.1, 0.15) is 30.6 Å². The molecule has 0 aliphatic rings. The van der Waals surface area contributed by atoms with Gasteiger partial charge in [-0.3, -0.25) is 4.79 Å². The molecule has 120 valence electrons. The predicted octanol–water partition coefficient (Wildman–Crippen LogP) is 1.72. The van der Waals surface area contributed by atoms with Crippen LogP contribution >= 0.6 is 0 Å². The Kier molecular flexibility index (Phi) is 6.60. The molecule has 0 aliphatic carbocycles. The smallest absolute Gasteiger partial charge is 0.253 e. The molecule has 0 aliphatic heterocycles. The minimum atomic E-state index is -3.69. The van der Waals surface area contributed by atoms with E-state index >= 15 is 0 Å². The van der Waals surface area contributed by atoms with E-state index in [0.29, 0.717) is 18.0 Å². The van der Waals surface area contributed by atoms with Crippen LogP contribution in [0.3, 0.4) is 0 Å². The van der Waals surface area contributed by atoms with Gasteiger partial charge in [0.15, 0.2) is 0 Å². The van der Waals surface area contributed by atoms with Gasteiger partial charge in [-0.2, -0.15) is 4.72 Å². The molecule has 0 saturated carbocycles. The van der Waals surface area contributed by atoms with Gasteiger partial charge in [-0.05, 0) is 30.5 Å². The van der Waals surface area contributed by atoms with Gasteiger partial charge in [-0.1, -0.05) is 25.8 Å². The third kappa shape index (κ3) is 5.17. The van der Waals surface area contributed by atoms with Crippen LogP contribution in [0.15, 0.2) is 29.2 Å². The van der Waals surface area contributed by atoms with Crippen LogP contribution in [-0.2, 0) is 10.0 Å². The SMILES string of the molecule is C#CCNS(=O)(=O)c1cccc(C(=O)N(C)CCC(C)C)c1. The van der Waals surface area contributed by atoms with Crippen molar-refractivity contribution >= 4 is 15.9 Å². The number of carbonyl (C=O) groups is 1. The van der Waals surface area contributed by atoms with Gasteiger partial charge < -0.3 is 4.90 Å². The summed E-state index contributed by atoms with van der Waals surface area (Å²) in [7, 11) is -1.98. The normalized spacial score (nSPS) is 11.2. The third-order valence-electron chi connectivity index (χ3n) is 3.14. The lowest BCUT2D eigenvalue weighted by Gasteiger charge is -2.18. The molecule has 5 nitrogen and oxygen atoms in total. The van der Waals surface area contributed by atoms with E-state index in [1.807, 2.05) is 0 Å². The number of terminal acetylenes is 1. The van der Waals surface area contributed by atoms with Crippen molar-refractivity contribution in [3.8, 4) is 12.3 Å². The van der Waals surface area contributed by atoms with Gasteiger partial charge in [-0.25, -0.2) is 8.42 Å². The van der Waals surface area contributed by atoms with Crippen molar-refractivity contribution in [3.63, 3.8) is 0 Å². The Bertz CT molecular complexity index is 660. The second kappa shape index (κ2) is 7.97. The zero-order valence-corrected chi connectivity index (χ0v) is 14.0. The van der Waals surface area contributed by atoms with Crippen LogP contribution < -0.4 is 4.72 Å². The van der Waals surface area contributed by atoms with Gasteiger partial charge in [0.25, 0.3) is 5.91 Å². The zero-order chi connectivity index (χ0) is 16.8. The summed E-state index contributed by atoms with van der Waals surface area (Å²) in [5.74, 6) is 2.51. The largest absolute Gasteiger partial charge is 0.342 e. The maximum atomic E-state index is 12.3. The van der Waals surface area contributed by atoms with Gasteiger partial charge >= 0.3 is 0 Å². The topological polar surface area (TPSA) is 66.5 Å². The summed E-state index contributed by atoms with van der Waals surface area (Å²) >= 11 is 0.